The number of nitrogens with two attached hydrogens (primary N) is 1. The summed E-state index contributed by atoms with van der Waals surface area (Å²) < 4.78 is 36.4. The fourth-order valence-corrected chi connectivity index (χ4v) is 4.00. The summed E-state index contributed by atoms with van der Waals surface area (Å²) in [5.74, 6) is -0.0950. The molecule has 1 saturated heterocycles. The first-order valence-corrected chi connectivity index (χ1v) is 8.75. The third-order valence-corrected chi connectivity index (χ3v) is 5.92. The fraction of sp³-hybridized carbons (Fsp3) is 0.533. The molecular weight excluding hydrogens is 320 g/mol. The van der Waals surface area contributed by atoms with Gasteiger partial charge in [0.05, 0.1) is 12.0 Å². The Morgan fingerprint density at radius 1 is 1.35 bits per heavy atom. The Bertz CT molecular complexity index is 659. The summed E-state index contributed by atoms with van der Waals surface area (Å²) in [7, 11) is -2.27. The predicted octanol–water partition coefficient (Wildman–Crippen LogP) is 0.598. The van der Waals surface area contributed by atoms with Crippen LogP contribution in [0.25, 0.3) is 0 Å². The second-order valence-corrected chi connectivity index (χ2v) is 7.88. The lowest BCUT2D eigenvalue weighted by molar-refractivity contribution is -0.142. The van der Waals surface area contributed by atoms with Gasteiger partial charge in [0.2, 0.25) is 10.0 Å². The molecule has 7 nitrogen and oxygen atoms in total. The topological polar surface area (TPSA) is 98.9 Å². The van der Waals surface area contributed by atoms with Crippen LogP contribution in [-0.4, -0.2) is 52.0 Å². The molecule has 1 aliphatic heterocycles. The highest BCUT2D eigenvalue weighted by atomic mass is 32.2. The maximum Gasteiger partial charge on any atom is 0.343 e. The number of hydrogen-bond acceptors (Lipinski definition) is 6. The van der Waals surface area contributed by atoms with Gasteiger partial charge in [-0.15, -0.1) is 0 Å². The quantitative estimate of drug-likeness (QED) is 0.760. The van der Waals surface area contributed by atoms with Crippen molar-refractivity contribution in [2.75, 3.05) is 33.4 Å². The van der Waals surface area contributed by atoms with Gasteiger partial charge in [0.25, 0.3) is 0 Å². The zero-order valence-corrected chi connectivity index (χ0v) is 14.1. The molecule has 0 radical (unpaired) electrons. The van der Waals surface area contributed by atoms with Gasteiger partial charge >= 0.3 is 5.97 Å². The molecule has 1 fully saturated rings. The minimum absolute atomic E-state index is 0.170. The van der Waals surface area contributed by atoms with Crippen molar-refractivity contribution in [3.8, 4) is 5.75 Å². The number of nitrogens with zero attached hydrogens (tertiary/aromatic N) is 1. The number of benzene rings is 1. The van der Waals surface area contributed by atoms with E-state index in [2.05, 4.69) is 4.74 Å². The van der Waals surface area contributed by atoms with Gasteiger partial charge in [-0.3, -0.25) is 0 Å². The third kappa shape index (κ3) is 4.01. The smallest absolute Gasteiger partial charge is 0.343 e. The van der Waals surface area contributed by atoms with E-state index < -0.39 is 16.0 Å². The van der Waals surface area contributed by atoms with Crippen molar-refractivity contribution in [3.05, 3.63) is 24.3 Å². The zero-order chi connectivity index (χ0) is 17.1. The first-order valence-electron chi connectivity index (χ1n) is 7.31. The maximum absolute atomic E-state index is 12.6. The van der Waals surface area contributed by atoms with E-state index in [9.17, 15) is 13.2 Å². The SMILES string of the molecule is COC(=O)COc1ccc(S(=O)(=O)N2CCC(C)(CN)C2)cc1. The van der Waals surface area contributed by atoms with Gasteiger partial charge in [-0.25, -0.2) is 13.2 Å². The van der Waals surface area contributed by atoms with E-state index in [1.807, 2.05) is 6.92 Å². The second-order valence-electron chi connectivity index (χ2n) is 5.94. The van der Waals surface area contributed by atoms with Crippen LogP contribution in [0.15, 0.2) is 29.2 Å². The minimum atomic E-state index is -3.54. The van der Waals surface area contributed by atoms with Crippen molar-refractivity contribution in [2.24, 2.45) is 11.1 Å². The van der Waals surface area contributed by atoms with Gasteiger partial charge in [0.15, 0.2) is 6.61 Å². The molecule has 1 aromatic carbocycles. The molecule has 1 unspecified atom stereocenters. The van der Waals surface area contributed by atoms with Gasteiger partial charge in [-0.2, -0.15) is 4.31 Å². The van der Waals surface area contributed by atoms with Crippen LogP contribution < -0.4 is 10.5 Å². The van der Waals surface area contributed by atoms with Crippen LogP contribution in [0, 0.1) is 5.41 Å². The molecule has 2 rings (SSSR count). The zero-order valence-electron chi connectivity index (χ0n) is 13.3. The highest BCUT2D eigenvalue weighted by Gasteiger charge is 2.38. The molecule has 1 heterocycles. The van der Waals surface area contributed by atoms with E-state index >= 15 is 0 Å². The Morgan fingerprint density at radius 2 is 2.00 bits per heavy atom. The highest BCUT2D eigenvalue weighted by molar-refractivity contribution is 7.89. The molecule has 128 valence electrons. The number of methoxy groups -OCH3 is 1. The largest absolute Gasteiger partial charge is 0.482 e. The summed E-state index contributed by atoms with van der Waals surface area (Å²) in [6.07, 6.45) is 0.753. The molecule has 0 saturated carbocycles. The first kappa shape index (κ1) is 17.7. The number of hydrogen-bond donors (Lipinski definition) is 1. The Labute approximate surface area is 136 Å². The van der Waals surface area contributed by atoms with E-state index in [0.29, 0.717) is 25.4 Å². The van der Waals surface area contributed by atoms with Crippen molar-refractivity contribution in [2.45, 2.75) is 18.2 Å². The van der Waals surface area contributed by atoms with Crippen LogP contribution in [0.3, 0.4) is 0 Å². The molecule has 0 spiro atoms. The average Bonchev–Trinajstić information content (AvgIpc) is 2.97. The summed E-state index contributed by atoms with van der Waals surface area (Å²) in [6.45, 7) is 3.12. The normalized spacial score (nSPS) is 22.0. The fourth-order valence-electron chi connectivity index (χ4n) is 2.41. The van der Waals surface area contributed by atoms with Crippen molar-refractivity contribution in [1.82, 2.24) is 4.31 Å². The summed E-state index contributed by atoms with van der Waals surface area (Å²) >= 11 is 0. The van der Waals surface area contributed by atoms with E-state index in [-0.39, 0.29) is 16.9 Å². The van der Waals surface area contributed by atoms with Gasteiger partial charge in [-0.05, 0) is 42.6 Å². The molecular formula is C15H22N2O5S. The van der Waals surface area contributed by atoms with Gasteiger partial charge in [-0.1, -0.05) is 6.92 Å². The molecule has 0 bridgehead atoms. The summed E-state index contributed by atoms with van der Waals surface area (Å²) in [4.78, 5) is 11.2. The van der Waals surface area contributed by atoms with E-state index in [0.717, 1.165) is 6.42 Å². The number of ether oxygens (including phenoxy) is 2. The van der Waals surface area contributed by atoms with Gasteiger partial charge < -0.3 is 15.2 Å². The molecule has 1 aromatic rings. The third-order valence-electron chi connectivity index (χ3n) is 4.06. The number of carbonyl (C=O) groups excluding carboxylic acids is 1. The van der Waals surface area contributed by atoms with Crippen molar-refractivity contribution < 1.29 is 22.7 Å². The standard InChI is InChI=1S/C15H22N2O5S/c1-15(10-16)7-8-17(11-15)23(19,20)13-5-3-12(4-6-13)22-9-14(18)21-2/h3-6H,7-11,16H2,1-2H3. The number of carbonyl (C=O) groups is 1. The van der Waals surface area contributed by atoms with Crippen molar-refractivity contribution in [3.63, 3.8) is 0 Å². The van der Waals surface area contributed by atoms with Gasteiger partial charge in [0, 0.05) is 13.1 Å². The molecule has 1 atom stereocenters. The minimum Gasteiger partial charge on any atom is -0.482 e. The Kier molecular flexibility index (Phi) is 5.28. The second kappa shape index (κ2) is 6.86. The Morgan fingerprint density at radius 3 is 2.52 bits per heavy atom. The Balaban J connectivity index is 2.08. The van der Waals surface area contributed by atoms with Crippen LogP contribution in [0.1, 0.15) is 13.3 Å². The molecule has 0 amide bonds. The first-order chi connectivity index (χ1) is 10.8. The number of rotatable bonds is 6. The number of esters is 1. The van der Waals surface area contributed by atoms with Crippen LogP contribution in [0.5, 0.6) is 5.75 Å². The lowest BCUT2D eigenvalue weighted by Crippen LogP contribution is -2.34. The average molecular weight is 342 g/mol. The maximum atomic E-state index is 12.6. The van der Waals surface area contributed by atoms with E-state index in [1.165, 1.54) is 35.7 Å². The van der Waals surface area contributed by atoms with Crippen molar-refractivity contribution >= 4 is 16.0 Å². The summed E-state index contributed by atoms with van der Waals surface area (Å²) in [5.41, 5.74) is 5.56. The highest BCUT2D eigenvalue weighted by Crippen LogP contribution is 2.32. The van der Waals surface area contributed by atoms with E-state index in [4.69, 9.17) is 10.5 Å². The number of sulfonamides is 1. The summed E-state index contributed by atoms with van der Waals surface area (Å²) in [5, 5.41) is 0. The van der Waals surface area contributed by atoms with Crippen LogP contribution in [-0.2, 0) is 19.6 Å². The van der Waals surface area contributed by atoms with Crippen LogP contribution in [0.2, 0.25) is 0 Å². The van der Waals surface area contributed by atoms with Gasteiger partial charge in [0.1, 0.15) is 5.75 Å². The van der Waals surface area contributed by atoms with Crippen LogP contribution in [0.4, 0.5) is 0 Å². The molecule has 8 heteroatoms. The summed E-state index contributed by atoms with van der Waals surface area (Å²) in [6, 6.07) is 5.99. The molecule has 0 aliphatic carbocycles. The molecule has 1 aliphatic rings. The van der Waals surface area contributed by atoms with Crippen molar-refractivity contribution in [1.29, 1.82) is 0 Å². The lowest BCUT2D eigenvalue weighted by Gasteiger charge is -2.22. The molecule has 0 aromatic heterocycles. The molecule has 2 N–H and O–H groups in total. The Hall–Kier alpha value is -1.64. The molecule has 23 heavy (non-hydrogen) atoms. The predicted molar refractivity (Wildman–Crippen MR) is 84.5 cm³/mol. The van der Waals surface area contributed by atoms with E-state index in [1.54, 1.807) is 0 Å². The lowest BCUT2D eigenvalue weighted by atomic mass is 9.90. The monoisotopic (exact) mass is 342 g/mol. The van der Waals surface area contributed by atoms with Crippen LogP contribution >= 0.6 is 0 Å².